The molecular weight excluding hydrogens is 262 g/mol. The topological polar surface area (TPSA) is 38.3 Å². The fourth-order valence-electron chi connectivity index (χ4n) is 1.93. The number of carbonyl (C=O) groups is 1. The molecule has 0 aliphatic heterocycles. The Morgan fingerprint density at radius 2 is 1.86 bits per heavy atom. The molecule has 1 N–H and O–H groups in total. The van der Waals surface area contributed by atoms with Gasteiger partial charge in [-0.3, -0.25) is 4.79 Å². The highest BCUT2D eigenvalue weighted by Gasteiger charge is 2.11. The van der Waals surface area contributed by atoms with Crippen molar-refractivity contribution in [3.63, 3.8) is 0 Å². The standard InChI is InChI=1S/C18H17NO2/c1-3-13-21-17-11-9-16(10-12-17)18(20)19-14(2)15-7-5-4-6-8-15/h1,4-12,14H,13H2,2H3,(H,19,20)/t14-/m0/s1. The third-order valence-electron chi connectivity index (χ3n) is 3.09. The van der Waals surface area contributed by atoms with Crippen LogP contribution in [0.2, 0.25) is 0 Å². The van der Waals surface area contributed by atoms with E-state index in [1.807, 2.05) is 37.3 Å². The summed E-state index contributed by atoms with van der Waals surface area (Å²) in [5, 5.41) is 2.96. The van der Waals surface area contributed by atoms with Crippen molar-refractivity contribution in [2.24, 2.45) is 0 Å². The van der Waals surface area contributed by atoms with E-state index in [1.54, 1.807) is 24.3 Å². The van der Waals surface area contributed by atoms with Crippen LogP contribution < -0.4 is 10.1 Å². The Morgan fingerprint density at radius 3 is 2.48 bits per heavy atom. The third kappa shape index (κ3) is 4.12. The molecule has 0 unspecified atom stereocenters. The molecule has 0 saturated carbocycles. The first-order valence-electron chi connectivity index (χ1n) is 6.73. The zero-order valence-corrected chi connectivity index (χ0v) is 11.9. The van der Waals surface area contributed by atoms with Crippen LogP contribution in [0.5, 0.6) is 5.75 Å². The van der Waals surface area contributed by atoms with Crippen LogP contribution in [0, 0.1) is 12.3 Å². The van der Waals surface area contributed by atoms with Gasteiger partial charge in [0.15, 0.2) is 0 Å². The van der Waals surface area contributed by atoms with Crippen LogP contribution in [-0.4, -0.2) is 12.5 Å². The highest BCUT2D eigenvalue weighted by molar-refractivity contribution is 5.94. The number of ether oxygens (including phenoxy) is 1. The number of rotatable bonds is 5. The lowest BCUT2D eigenvalue weighted by Gasteiger charge is -2.14. The van der Waals surface area contributed by atoms with E-state index in [2.05, 4.69) is 11.2 Å². The third-order valence-corrected chi connectivity index (χ3v) is 3.09. The summed E-state index contributed by atoms with van der Waals surface area (Å²) in [5.74, 6) is 2.93. The molecule has 2 aromatic rings. The second kappa shape index (κ2) is 7.16. The van der Waals surface area contributed by atoms with Crippen molar-refractivity contribution in [3.05, 3.63) is 65.7 Å². The van der Waals surface area contributed by atoms with Gasteiger partial charge in [0.25, 0.3) is 5.91 Å². The van der Waals surface area contributed by atoms with Crippen LogP contribution in [0.4, 0.5) is 0 Å². The molecule has 0 bridgehead atoms. The van der Waals surface area contributed by atoms with Gasteiger partial charge in [-0.25, -0.2) is 0 Å². The molecule has 0 spiro atoms. The predicted octanol–water partition coefficient (Wildman–Crippen LogP) is 3.19. The summed E-state index contributed by atoms with van der Waals surface area (Å²) in [5.41, 5.74) is 1.66. The number of amides is 1. The smallest absolute Gasteiger partial charge is 0.251 e. The van der Waals surface area contributed by atoms with Gasteiger partial charge in [0.1, 0.15) is 12.4 Å². The molecule has 21 heavy (non-hydrogen) atoms. The fraction of sp³-hybridized carbons (Fsp3) is 0.167. The monoisotopic (exact) mass is 279 g/mol. The Hall–Kier alpha value is -2.73. The van der Waals surface area contributed by atoms with Gasteiger partial charge in [0, 0.05) is 5.56 Å². The zero-order valence-electron chi connectivity index (χ0n) is 11.9. The zero-order chi connectivity index (χ0) is 15.1. The molecule has 0 heterocycles. The van der Waals surface area contributed by atoms with Crippen LogP contribution in [0.25, 0.3) is 0 Å². The predicted molar refractivity (Wildman–Crippen MR) is 83.1 cm³/mol. The number of benzene rings is 2. The Balaban J connectivity index is 1.99. The Morgan fingerprint density at radius 1 is 1.19 bits per heavy atom. The highest BCUT2D eigenvalue weighted by atomic mass is 16.5. The van der Waals surface area contributed by atoms with Gasteiger partial charge in [-0.2, -0.15) is 0 Å². The molecule has 0 saturated heterocycles. The number of terminal acetylenes is 1. The summed E-state index contributed by atoms with van der Waals surface area (Å²) >= 11 is 0. The molecular formula is C18H17NO2. The van der Waals surface area contributed by atoms with E-state index in [-0.39, 0.29) is 18.6 Å². The van der Waals surface area contributed by atoms with Crippen molar-refractivity contribution < 1.29 is 9.53 Å². The molecule has 106 valence electrons. The van der Waals surface area contributed by atoms with Gasteiger partial charge in [0.2, 0.25) is 0 Å². The summed E-state index contributed by atoms with van der Waals surface area (Å²) in [6, 6.07) is 16.7. The van der Waals surface area contributed by atoms with Crippen LogP contribution in [0.3, 0.4) is 0 Å². The Bertz CT molecular complexity index is 627. The molecule has 3 heteroatoms. The van der Waals surface area contributed by atoms with Crippen LogP contribution >= 0.6 is 0 Å². The summed E-state index contributed by atoms with van der Waals surface area (Å²) < 4.78 is 5.27. The molecule has 0 fully saturated rings. The molecule has 3 nitrogen and oxygen atoms in total. The first-order chi connectivity index (χ1) is 10.2. The number of carbonyl (C=O) groups excluding carboxylic acids is 1. The highest BCUT2D eigenvalue weighted by Crippen LogP contribution is 2.15. The molecule has 2 aromatic carbocycles. The lowest BCUT2D eigenvalue weighted by atomic mass is 10.1. The van der Waals surface area contributed by atoms with Gasteiger partial charge >= 0.3 is 0 Å². The van der Waals surface area contributed by atoms with E-state index in [4.69, 9.17) is 11.2 Å². The van der Waals surface area contributed by atoms with E-state index in [9.17, 15) is 4.79 Å². The van der Waals surface area contributed by atoms with E-state index >= 15 is 0 Å². The summed E-state index contributed by atoms with van der Waals surface area (Å²) in [4.78, 5) is 12.2. The number of nitrogens with one attached hydrogen (secondary N) is 1. The van der Waals surface area contributed by atoms with E-state index in [1.165, 1.54) is 0 Å². The lowest BCUT2D eigenvalue weighted by molar-refractivity contribution is 0.0940. The minimum absolute atomic E-state index is 0.0453. The maximum atomic E-state index is 12.2. The van der Waals surface area contributed by atoms with Crippen molar-refractivity contribution in [2.75, 3.05) is 6.61 Å². The van der Waals surface area contributed by atoms with Crippen molar-refractivity contribution in [1.82, 2.24) is 5.32 Å². The first-order valence-corrected chi connectivity index (χ1v) is 6.73. The SMILES string of the molecule is C#CCOc1ccc(C(=O)N[C@@H](C)c2ccccc2)cc1. The minimum Gasteiger partial charge on any atom is -0.481 e. The lowest BCUT2D eigenvalue weighted by Crippen LogP contribution is -2.26. The quantitative estimate of drug-likeness (QED) is 0.854. The molecule has 0 aromatic heterocycles. The summed E-state index contributed by atoms with van der Waals surface area (Å²) in [6.07, 6.45) is 5.13. The van der Waals surface area contributed by atoms with Crippen molar-refractivity contribution >= 4 is 5.91 Å². The van der Waals surface area contributed by atoms with Crippen LogP contribution in [0.15, 0.2) is 54.6 Å². The Labute approximate surface area is 125 Å². The van der Waals surface area contributed by atoms with Crippen molar-refractivity contribution in [1.29, 1.82) is 0 Å². The fourth-order valence-corrected chi connectivity index (χ4v) is 1.93. The summed E-state index contributed by atoms with van der Waals surface area (Å²) in [6.45, 7) is 2.17. The van der Waals surface area contributed by atoms with E-state index < -0.39 is 0 Å². The molecule has 2 rings (SSSR count). The normalized spacial score (nSPS) is 11.2. The molecule has 0 aliphatic rings. The maximum absolute atomic E-state index is 12.2. The van der Waals surface area contributed by atoms with Crippen molar-refractivity contribution in [3.8, 4) is 18.1 Å². The van der Waals surface area contributed by atoms with Gasteiger partial charge in [-0.05, 0) is 36.8 Å². The molecule has 0 radical (unpaired) electrons. The van der Waals surface area contributed by atoms with Crippen LogP contribution in [-0.2, 0) is 0 Å². The van der Waals surface area contributed by atoms with Crippen molar-refractivity contribution in [2.45, 2.75) is 13.0 Å². The largest absolute Gasteiger partial charge is 0.481 e. The molecule has 0 aliphatic carbocycles. The molecule has 1 amide bonds. The van der Waals surface area contributed by atoms with Gasteiger partial charge in [0.05, 0.1) is 6.04 Å². The van der Waals surface area contributed by atoms with Crippen LogP contribution in [0.1, 0.15) is 28.9 Å². The maximum Gasteiger partial charge on any atom is 0.251 e. The first kappa shape index (κ1) is 14.7. The second-order valence-electron chi connectivity index (χ2n) is 4.62. The Kier molecular flexibility index (Phi) is 5.00. The average molecular weight is 279 g/mol. The summed E-state index contributed by atoms with van der Waals surface area (Å²) in [7, 11) is 0. The minimum atomic E-state index is -0.116. The second-order valence-corrected chi connectivity index (χ2v) is 4.62. The van der Waals surface area contributed by atoms with E-state index in [0.29, 0.717) is 11.3 Å². The number of hydrogen-bond donors (Lipinski definition) is 1. The average Bonchev–Trinajstić information content (AvgIpc) is 2.54. The van der Waals surface area contributed by atoms with Gasteiger partial charge in [-0.1, -0.05) is 36.3 Å². The van der Waals surface area contributed by atoms with E-state index in [0.717, 1.165) is 5.56 Å². The molecule has 1 atom stereocenters. The van der Waals surface area contributed by atoms with Gasteiger partial charge in [-0.15, -0.1) is 6.42 Å². The van der Waals surface area contributed by atoms with Gasteiger partial charge < -0.3 is 10.1 Å². The number of hydrogen-bond acceptors (Lipinski definition) is 2.